The van der Waals surface area contributed by atoms with Crippen molar-refractivity contribution in [3.05, 3.63) is 106 Å². The Kier molecular flexibility index (Phi) is 4.30. The number of aromatic nitrogens is 1. The van der Waals surface area contributed by atoms with Gasteiger partial charge in [-0.3, -0.25) is 4.99 Å². The zero-order valence-electron chi connectivity index (χ0n) is 15.9. The molecule has 5 rings (SSSR count). The summed E-state index contributed by atoms with van der Waals surface area (Å²) in [6, 6.07) is 22.4. The molecule has 0 amide bonds. The molecule has 1 aliphatic rings. The van der Waals surface area contributed by atoms with Crippen LogP contribution in [0.15, 0.2) is 88.6 Å². The van der Waals surface area contributed by atoms with Crippen LogP contribution in [0.25, 0.3) is 29.3 Å². The summed E-state index contributed by atoms with van der Waals surface area (Å²) in [6.07, 6.45) is 7.36. The predicted octanol–water partition coefficient (Wildman–Crippen LogP) is 2.40. The van der Waals surface area contributed by atoms with Gasteiger partial charge in [-0.1, -0.05) is 42.5 Å². The maximum absolute atomic E-state index is 5.64. The number of nitrogens with zero attached hydrogens (tertiary/aromatic N) is 2. The molecule has 0 N–H and O–H groups in total. The van der Waals surface area contributed by atoms with E-state index in [2.05, 4.69) is 35.3 Å². The Morgan fingerprint density at radius 2 is 1.69 bits per heavy atom. The highest BCUT2D eigenvalue weighted by Gasteiger charge is 2.15. The topological polar surface area (TPSA) is 47.6 Å². The van der Waals surface area contributed by atoms with Crippen LogP contribution in [0.3, 0.4) is 0 Å². The Hall–Kier alpha value is -3.92. The molecule has 140 valence electrons. The second-order valence-corrected chi connectivity index (χ2v) is 6.71. The van der Waals surface area contributed by atoms with Gasteiger partial charge in [0.2, 0.25) is 5.89 Å². The van der Waals surface area contributed by atoms with E-state index in [4.69, 9.17) is 14.1 Å². The fourth-order valence-corrected chi connectivity index (χ4v) is 3.59. The number of fused-ring (bicyclic) bond motifs is 2. The maximum Gasteiger partial charge on any atom is 0.226 e. The van der Waals surface area contributed by atoms with Crippen LogP contribution in [-0.2, 0) is 0 Å². The van der Waals surface area contributed by atoms with Gasteiger partial charge in [-0.2, -0.15) is 0 Å². The molecule has 0 aliphatic carbocycles. The fourth-order valence-electron chi connectivity index (χ4n) is 3.59. The van der Waals surface area contributed by atoms with E-state index < -0.39 is 0 Å². The summed E-state index contributed by atoms with van der Waals surface area (Å²) in [7, 11) is 1.66. The van der Waals surface area contributed by atoms with Crippen LogP contribution in [0.5, 0.6) is 5.75 Å². The molecule has 0 spiro atoms. The Balaban J connectivity index is 1.93. The first-order valence-electron chi connectivity index (χ1n) is 9.36. The zero-order valence-corrected chi connectivity index (χ0v) is 15.9. The quantitative estimate of drug-likeness (QED) is 0.550. The zero-order chi connectivity index (χ0) is 19.6. The van der Waals surface area contributed by atoms with Crippen molar-refractivity contribution in [2.45, 2.75) is 0 Å². The van der Waals surface area contributed by atoms with E-state index in [1.807, 2.05) is 48.7 Å². The van der Waals surface area contributed by atoms with Crippen molar-refractivity contribution >= 4 is 17.8 Å². The van der Waals surface area contributed by atoms with Gasteiger partial charge >= 0.3 is 0 Å². The van der Waals surface area contributed by atoms with Crippen LogP contribution in [-0.4, -0.2) is 12.1 Å². The average Bonchev–Trinajstić information content (AvgIpc) is 3.30. The van der Waals surface area contributed by atoms with Gasteiger partial charge in [-0.05, 0) is 51.9 Å². The van der Waals surface area contributed by atoms with Gasteiger partial charge in [-0.25, -0.2) is 4.98 Å². The summed E-state index contributed by atoms with van der Waals surface area (Å²) < 4.78 is 11.1. The molecule has 4 aromatic rings. The molecule has 3 aromatic carbocycles. The minimum Gasteiger partial charge on any atom is -0.497 e. The van der Waals surface area contributed by atoms with Gasteiger partial charge in [0.1, 0.15) is 12.0 Å². The van der Waals surface area contributed by atoms with E-state index in [9.17, 15) is 0 Å². The lowest BCUT2D eigenvalue weighted by atomic mass is 9.95. The Morgan fingerprint density at radius 3 is 2.52 bits per heavy atom. The van der Waals surface area contributed by atoms with Gasteiger partial charge < -0.3 is 9.15 Å². The minimum atomic E-state index is 0.552. The third kappa shape index (κ3) is 3.15. The third-order valence-electron chi connectivity index (χ3n) is 5.01. The number of benzene rings is 3. The van der Waals surface area contributed by atoms with E-state index in [0.29, 0.717) is 5.89 Å². The van der Waals surface area contributed by atoms with E-state index in [0.717, 1.165) is 43.5 Å². The first-order chi connectivity index (χ1) is 14.3. The second kappa shape index (κ2) is 7.24. The van der Waals surface area contributed by atoms with Crippen molar-refractivity contribution in [2.24, 2.45) is 4.99 Å². The van der Waals surface area contributed by atoms with Crippen LogP contribution in [0.4, 0.5) is 0 Å². The Morgan fingerprint density at radius 1 is 0.862 bits per heavy atom. The van der Waals surface area contributed by atoms with Gasteiger partial charge in [0.15, 0.2) is 0 Å². The molecule has 0 atom stereocenters. The molecule has 0 bridgehead atoms. The van der Waals surface area contributed by atoms with Crippen LogP contribution in [0.2, 0.25) is 0 Å². The molecule has 1 aliphatic heterocycles. The number of ether oxygens (including phenoxy) is 1. The standard InChI is InChI=1S/C25H18N2O2/c1-28-19-10-11-20(23(15-19)25-26-12-13-29-25)22-14-17-6-2-3-7-18(17)16-27-24-9-5-4-8-21(22)24/h2-16H,1H3. The molecule has 0 fully saturated rings. The average molecular weight is 378 g/mol. The number of para-hydroxylation sites is 1. The number of methoxy groups -OCH3 is 1. The van der Waals surface area contributed by atoms with Crippen molar-refractivity contribution in [3.8, 4) is 17.2 Å². The molecule has 4 nitrogen and oxygen atoms in total. The van der Waals surface area contributed by atoms with E-state index in [1.54, 1.807) is 19.6 Å². The summed E-state index contributed by atoms with van der Waals surface area (Å²) >= 11 is 0. The predicted molar refractivity (Wildman–Crippen MR) is 113 cm³/mol. The monoisotopic (exact) mass is 378 g/mol. The Bertz CT molecular complexity index is 1430. The highest BCUT2D eigenvalue weighted by Crippen LogP contribution is 2.31. The number of oxazole rings is 1. The Labute approximate surface area is 167 Å². The smallest absolute Gasteiger partial charge is 0.226 e. The second-order valence-electron chi connectivity index (χ2n) is 6.71. The SMILES string of the molecule is COc1ccc(C2=c3ccccc3=NC=c3ccccc3=C2)c(-c2ncco2)c1. The minimum absolute atomic E-state index is 0.552. The summed E-state index contributed by atoms with van der Waals surface area (Å²) in [6.45, 7) is 0. The summed E-state index contributed by atoms with van der Waals surface area (Å²) in [5, 5.41) is 4.15. The van der Waals surface area contributed by atoms with Crippen molar-refractivity contribution in [3.63, 3.8) is 0 Å². The van der Waals surface area contributed by atoms with Crippen LogP contribution in [0.1, 0.15) is 5.56 Å². The molecule has 0 saturated carbocycles. The highest BCUT2D eigenvalue weighted by atomic mass is 16.5. The molecule has 0 radical (unpaired) electrons. The van der Waals surface area contributed by atoms with Gasteiger partial charge in [-0.15, -0.1) is 0 Å². The lowest BCUT2D eigenvalue weighted by Crippen LogP contribution is -2.32. The molecule has 0 unspecified atom stereocenters. The lowest BCUT2D eigenvalue weighted by molar-refractivity contribution is 0.414. The third-order valence-corrected chi connectivity index (χ3v) is 5.01. The fraction of sp³-hybridized carbons (Fsp3) is 0.0400. The normalized spacial score (nSPS) is 12.4. The number of hydrogen-bond acceptors (Lipinski definition) is 4. The number of hydrogen-bond donors (Lipinski definition) is 0. The summed E-state index contributed by atoms with van der Waals surface area (Å²) in [4.78, 5) is 9.14. The van der Waals surface area contributed by atoms with Crippen molar-refractivity contribution in [1.82, 2.24) is 4.98 Å². The maximum atomic E-state index is 5.64. The first kappa shape index (κ1) is 17.2. The molecule has 2 heterocycles. The molecular formula is C25H18N2O2. The van der Waals surface area contributed by atoms with Gasteiger partial charge in [0.05, 0.1) is 18.7 Å². The van der Waals surface area contributed by atoms with Crippen molar-refractivity contribution in [2.75, 3.05) is 7.11 Å². The van der Waals surface area contributed by atoms with E-state index in [-0.39, 0.29) is 0 Å². The molecule has 4 heteroatoms. The van der Waals surface area contributed by atoms with Crippen molar-refractivity contribution < 1.29 is 9.15 Å². The summed E-state index contributed by atoms with van der Waals surface area (Å²) in [5.41, 5.74) is 2.94. The molecular weight excluding hydrogens is 360 g/mol. The van der Waals surface area contributed by atoms with Crippen molar-refractivity contribution in [1.29, 1.82) is 0 Å². The highest BCUT2D eigenvalue weighted by molar-refractivity contribution is 5.93. The molecule has 1 aromatic heterocycles. The molecule has 29 heavy (non-hydrogen) atoms. The van der Waals surface area contributed by atoms with Gasteiger partial charge in [0.25, 0.3) is 0 Å². The van der Waals surface area contributed by atoms with Gasteiger partial charge in [0, 0.05) is 17.0 Å². The van der Waals surface area contributed by atoms with Crippen LogP contribution in [0, 0.1) is 0 Å². The first-order valence-corrected chi connectivity index (χ1v) is 9.36. The van der Waals surface area contributed by atoms with E-state index >= 15 is 0 Å². The number of rotatable bonds is 3. The summed E-state index contributed by atoms with van der Waals surface area (Å²) in [5.74, 6) is 1.30. The van der Waals surface area contributed by atoms with Crippen LogP contribution >= 0.6 is 0 Å². The lowest BCUT2D eigenvalue weighted by Gasteiger charge is -2.12. The largest absolute Gasteiger partial charge is 0.497 e. The molecule has 0 saturated heterocycles. The van der Waals surface area contributed by atoms with E-state index in [1.165, 1.54) is 0 Å². The van der Waals surface area contributed by atoms with Crippen LogP contribution < -0.4 is 25.8 Å².